The predicted octanol–water partition coefficient (Wildman–Crippen LogP) is 2.09. The van der Waals surface area contributed by atoms with E-state index in [0.29, 0.717) is 32.4 Å². The van der Waals surface area contributed by atoms with Gasteiger partial charge in [0.2, 0.25) is 10.0 Å². The molecule has 0 bridgehead atoms. The molecule has 23 heavy (non-hydrogen) atoms. The van der Waals surface area contributed by atoms with E-state index in [1.807, 2.05) is 6.92 Å². The molecule has 1 aromatic carbocycles. The summed E-state index contributed by atoms with van der Waals surface area (Å²) in [6.07, 6.45) is 1.72. The maximum absolute atomic E-state index is 12.5. The summed E-state index contributed by atoms with van der Waals surface area (Å²) in [7, 11) is -3.23. The molecule has 1 aromatic rings. The molecule has 0 unspecified atom stereocenters. The number of phenolic OH excluding ortho intramolecular Hbond substituents is 1. The maximum Gasteiger partial charge on any atom is 0.257 e. The number of carbonyl (C=O) groups is 1. The van der Waals surface area contributed by atoms with Crippen molar-refractivity contribution in [3.8, 4) is 5.75 Å². The first kappa shape index (κ1) is 18.2. The highest BCUT2D eigenvalue weighted by Gasteiger charge is 2.27. The first-order valence-corrected chi connectivity index (χ1v) is 10.0. The van der Waals surface area contributed by atoms with Crippen molar-refractivity contribution >= 4 is 31.9 Å². The van der Waals surface area contributed by atoms with E-state index < -0.39 is 10.0 Å². The van der Waals surface area contributed by atoms with Gasteiger partial charge < -0.3 is 10.0 Å². The molecule has 0 saturated carbocycles. The van der Waals surface area contributed by atoms with E-state index in [0.717, 1.165) is 4.47 Å². The van der Waals surface area contributed by atoms with E-state index in [-0.39, 0.29) is 29.0 Å². The summed E-state index contributed by atoms with van der Waals surface area (Å²) in [5.41, 5.74) is 0.254. The second kappa shape index (κ2) is 7.63. The number of nitrogens with zero attached hydrogens (tertiary/aromatic N) is 1. The van der Waals surface area contributed by atoms with Crippen LogP contribution < -0.4 is 4.72 Å². The number of nitrogens with one attached hydrogen (secondary N) is 1. The normalized spacial score (nSPS) is 16.5. The summed E-state index contributed by atoms with van der Waals surface area (Å²) >= 11 is 3.29. The van der Waals surface area contributed by atoms with Crippen molar-refractivity contribution in [1.82, 2.24) is 9.62 Å². The highest BCUT2D eigenvalue weighted by atomic mass is 79.9. The zero-order valence-electron chi connectivity index (χ0n) is 13.0. The van der Waals surface area contributed by atoms with Crippen molar-refractivity contribution < 1.29 is 18.3 Å². The number of amides is 1. The molecule has 1 saturated heterocycles. The van der Waals surface area contributed by atoms with E-state index in [1.165, 1.54) is 6.07 Å². The Morgan fingerprint density at radius 3 is 2.65 bits per heavy atom. The molecule has 2 rings (SSSR count). The van der Waals surface area contributed by atoms with Crippen molar-refractivity contribution in [2.24, 2.45) is 0 Å². The second-order valence-corrected chi connectivity index (χ2v) is 8.45. The minimum atomic E-state index is -3.23. The Morgan fingerprint density at radius 1 is 1.39 bits per heavy atom. The molecule has 0 radical (unpaired) electrons. The van der Waals surface area contributed by atoms with Gasteiger partial charge >= 0.3 is 0 Å². The van der Waals surface area contributed by atoms with Gasteiger partial charge in [0.05, 0.1) is 11.3 Å². The van der Waals surface area contributed by atoms with Crippen LogP contribution in [0.2, 0.25) is 0 Å². The summed E-state index contributed by atoms with van der Waals surface area (Å²) in [4.78, 5) is 14.1. The Kier molecular flexibility index (Phi) is 6.05. The lowest BCUT2D eigenvalue weighted by molar-refractivity contribution is 0.0708. The van der Waals surface area contributed by atoms with Gasteiger partial charge in [-0.15, -0.1) is 0 Å². The topological polar surface area (TPSA) is 86.7 Å². The smallest absolute Gasteiger partial charge is 0.257 e. The molecule has 1 heterocycles. The Labute approximate surface area is 145 Å². The van der Waals surface area contributed by atoms with Gasteiger partial charge in [-0.1, -0.05) is 22.9 Å². The highest BCUT2D eigenvalue weighted by molar-refractivity contribution is 9.10. The molecule has 8 heteroatoms. The largest absolute Gasteiger partial charge is 0.507 e. The summed E-state index contributed by atoms with van der Waals surface area (Å²) in [6.45, 7) is 2.75. The molecule has 0 atom stereocenters. The number of sulfonamides is 1. The quantitative estimate of drug-likeness (QED) is 0.786. The van der Waals surface area contributed by atoms with E-state index in [2.05, 4.69) is 20.7 Å². The van der Waals surface area contributed by atoms with E-state index >= 15 is 0 Å². The molecule has 128 valence electrons. The Balaban J connectivity index is 1.96. The molecule has 6 nitrogen and oxygen atoms in total. The third-order valence-corrected chi connectivity index (χ3v) is 5.92. The predicted molar refractivity (Wildman–Crippen MR) is 91.9 cm³/mol. The molecule has 2 N–H and O–H groups in total. The summed E-state index contributed by atoms with van der Waals surface area (Å²) in [5.74, 6) is -0.166. The van der Waals surface area contributed by atoms with Crippen LogP contribution in [0.4, 0.5) is 0 Å². The van der Waals surface area contributed by atoms with Crippen LogP contribution in [-0.4, -0.2) is 49.2 Å². The first-order chi connectivity index (χ1) is 10.8. The van der Waals surface area contributed by atoms with Gasteiger partial charge in [-0.25, -0.2) is 13.1 Å². The SMILES string of the molecule is CCCS(=O)(=O)NC1CCN(C(=O)c2cc(Br)ccc2O)CC1. The highest BCUT2D eigenvalue weighted by Crippen LogP contribution is 2.24. The number of benzene rings is 1. The summed E-state index contributed by atoms with van der Waals surface area (Å²) in [5, 5.41) is 9.84. The number of hydrogen-bond donors (Lipinski definition) is 2. The maximum atomic E-state index is 12.5. The summed E-state index contributed by atoms with van der Waals surface area (Å²) in [6, 6.07) is 4.60. The second-order valence-electron chi connectivity index (χ2n) is 5.66. The number of phenols is 1. The standard InChI is InChI=1S/C15H21BrN2O4S/c1-2-9-23(21,22)17-12-5-7-18(8-6-12)15(20)13-10-11(16)3-4-14(13)19/h3-4,10,12,17,19H,2,5-9H2,1H3. The minimum absolute atomic E-state index is 0.0519. The van der Waals surface area contributed by atoms with Crippen molar-refractivity contribution in [2.45, 2.75) is 32.2 Å². The van der Waals surface area contributed by atoms with Crippen LogP contribution in [0.3, 0.4) is 0 Å². The van der Waals surface area contributed by atoms with E-state index in [9.17, 15) is 18.3 Å². The van der Waals surface area contributed by atoms with Crippen molar-refractivity contribution in [1.29, 1.82) is 0 Å². The number of carbonyl (C=O) groups excluding carboxylic acids is 1. The molecule has 1 fully saturated rings. The number of rotatable bonds is 5. The molecular weight excluding hydrogens is 384 g/mol. The zero-order valence-corrected chi connectivity index (χ0v) is 15.4. The monoisotopic (exact) mass is 404 g/mol. The van der Waals surface area contributed by atoms with Gasteiger partial charge in [-0.2, -0.15) is 0 Å². The number of aromatic hydroxyl groups is 1. The van der Waals surface area contributed by atoms with Crippen LogP contribution in [-0.2, 0) is 10.0 Å². The third kappa shape index (κ3) is 4.92. The minimum Gasteiger partial charge on any atom is -0.507 e. The average Bonchev–Trinajstić information content (AvgIpc) is 2.49. The average molecular weight is 405 g/mol. The number of hydrogen-bond acceptors (Lipinski definition) is 4. The van der Waals surface area contributed by atoms with E-state index in [1.54, 1.807) is 17.0 Å². The van der Waals surface area contributed by atoms with Crippen molar-refractivity contribution in [2.75, 3.05) is 18.8 Å². The van der Waals surface area contributed by atoms with Gasteiger partial charge in [0, 0.05) is 23.6 Å². The number of likely N-dealkylation sites (tertiary alicyclic amines) is 1. The third-order valence-electron chi connectivity index (χ3n) is 3.79. The van der Waals surface area contributed by atoms with Gasteiger partial charge in [-0.05, 0) is 37.5 Å². The van der Waals surface area contributed by atoms with Crippen molar-refractivity contribution in [3.05, 3.63) is 28.2 Å². The molecule has 0 aliphatic carbocycles. The molecular formula is C15H21BrN2O4S. The van der Waals surface area contributed by atoms with Crippen LogP contribution in [0, 0.1) is 0 Å². The zero-order chi connectivity index (χ0) is 17.0. The van der Waals surface area contributed by atoms with Crippen molar-refractivity contribution in [3.63, 3.8) is 0 Å². The van der Waals surface area contributed by atoms with Crippen LogP contribution in [0.5, 0.6) is 5.75 Å². The van der Waals surface area contributed by atoms with Gasteiger partial charge in [0.25, 0.3) is 5.91 Å². The fourth-order valence-corrected chi connectivity index (χ4v) is 4.39. The summed E-state index contributed by atoms with van der Waals surface area (Å²) < 4.78 is 27.0. The van der Waals surface area contributed by atoms with Gasteiger partial charge in [-0.3, -0.25) is 4.79 Å². The van der Waals surface area contributed by atoms with Gasteiger partial charge in [0.15, 0.2) is 0 Å². The lowest BCUT2D eigenvalue weighted by Gasteiger charge is -2.32. The molecule has 1 amide bonds. The fourth-order valence-electron chi connectivity index (χ4n) is 2.63. The lowest BCUT2D eigenvalue weighted by atomic mass is 10.0. The Morgan fingerprint density at radius 2 is 2.04 bits per heavy atom. The van der Waals surface area contributed by atoms with Crippen LogP contribution in [0.25, 0.3) is 0 Å². The number of halogens is 1. The van der Waals surface area contributed by atoms with Gasteiger partial charge in [0.1, 0.15) is 5.75 Å². The van der Waals surface area contributed by atoms with Crippen LogP contribution >= 0.6 is 15.9 Å². The van der Waals surface area contributed by atoms with Crippen LogP contribution in [0.1, 0.15) is 36.5 Å². The lowest BCUT2D eigenvalue weighted by Crippen LogP contribution is -2.47. The van der Waals surface area contributed by atoms with Crippen LogP contribution in [0.15, 0.2) is 22.7 Å². The molecule has 1 aliphatic heterocycles. The Bertz CT molecular complexity index is 670. The molecule has 0 spiro atoms. The number of piperidine rings is 1. The molecule has 1 aliphatic rings. The molecule has 0 aromatic heterocycles. The first-order valence-electron chi connectivity index (χ1n) is 7.60. The van der Waals surface area contributed by atoms with E-state index in [4.69, 9.17) is 0 Å². The Hall–Kier alpha value is -1.12. The fraction of sp³-hybridized carbons (Fsp3) is 0.533.